The Bertz CT molecular complexity index is 1140. The molecule has 57 heavy (non-hydrogen) atoms. The second kappa shape index (κ2) is 42.6. The molecule has 0 radical (unpaired) electrons. The van der Waals surface area contributed by atoms with Gasteiger partial charge in [0.2, 0.25) is 0 Å². The molecule has 316 valence electrons. The first-order valence-corrected chi connectivity index (χ1v) is 23.4. The Morgan fingerprint density at radius 1 is 0.368 bits per heavy atom. The van der Waals surface area contributed by atoms with Gasteiger partial charge in [-0.2, -0.15) is 0 Å². The number of rotatable bonds is 36. The van der Waals surface area contributed by atoms with Crippen molar-refractivity contribution in [2.24, 2.45) is 0 Å². The molecular weight excluding hydrogens is 826 g/mol. The average molecular weight is 909 g/mol. The molecule has 0 saturated carbocycles. The van der Waals surface area contributed by atoms with E-state index in [0.29, 0.717) is 24.0 Å². The largest absolute Gasteiger partial charge is 2.00 e. The Morgan fingerprint density at radius 3 is 0.807 bits per heavy atom. The molecule has 0 aliphatic carbocycles. The molecule has 2 aromatic carbocycles. The van der Waals surface area contributed by atoms with E-state index in [1.807, 2.05) is 36.4 Å². The van der Waals surface area contributed by atoms with Gasteiger partial charge in [0.15, 0.2) is 11.6 Å². The number of carbonyl (C=O) groups excluding carboxylic acids is 2. The zero-order valence-corrected chi connectivity index (χ0v) is 41.3. The van der Waals surface area contributed by atoms with Crippen LogP contribution in [0.5, 0.6) is 0 Å². The van der Waals surface area contributed by atoms with E-state index in [1.165, 1.54) is 179 Å². The van der Waals surface area contributed by atoms with Gasteiger partial charge in [-0.25, -0.2) is 0 Å². The van der Waals surface area contributed by atoms with Crippen LogP contribution in [0.25, 0.3) is 11.5 Å². The van der Waals surface area contributed by atoms with E-state index in [9.17, 15) is 19.8 Å². The fourth-order valence-corrected chi connectivity index (χ4v) is 7.15. The van der Waals surface area contributed by atoms with Crippen molar-refractivity contribution in [1.82, 2.24) is 0 Å². The van der Waals surface area contributed by atoms with Crippen molar-refractivity contribution in [2.45, 2.75) is 219 Å². The maximum atomic E-state index is 11.9. The number of unbranched alkanes of at least 4 members (excludes halogenated alkanes) is 28. The van der Waals surface area contributed by atoms with Gasteiger partial charge >= 0.3 is 48.9 Å². The van der Waals surface area contributed by atoms with Crippen molar-refractivity contribution < 1.29 is 19.8 Å². The maximum absolute atomic E-state index is 11.9. The average Bonchev–Trinajstić information content (AvgIpc) is 3.21. The molecule has 4 nitrogen and oxygen atoms in total. The quantitative estimate of drug-likeness (QED) is 0.0295. The smallest absolute Gasteiger partial charge is 0.872 e. The minimum atomic E-state index is -0.174. The first-order valence-electron chi connectivity index (χ1n) is 23.4. The first-order chi connectivity index (χ1) is 27.5. The molecule has 0 spiro atoms. The van der Waals surface area contributed by atoms with Gasteiger partial charge in [-0.3, -0.25) is 9.59 Å². The van der Waals surface area contributed by atoms with E-state index >= 15 is 0 Å². The Hall–Kier alpha value is -1.57. The van der Waals surface area contributed by atoms with Gasteiger partial charge in [-0.15, -0.1) is 0 Å². The summed E-state index contributed by atoms with van der Waals surface area (Å²) in [5.74, 6) is -0.426. The third kappa shape index (κ3) is 36.0. The van der Waals surface area contributed by atoms with E-state index in [0.717, 1.165) is 25.7 Å². The number of hydrogen-bond donors (Lipinski definition) is 0. The summed E-state index contributed by atoms with van der Waals surface area (Å²) in [7, 11) is 0. The van der Waals surface area contributed by atoms with Gasteiger partial charge in [-0.05, 0) is 36.1 Å². The molecule has 0 fully saturated rings. The summed E-state index contributed by atoms with van der Waals surface area (Å²) in [6.45, 7) is 4.54. The van der Waals surface area contributed by atoms with Gasteiger partial charge in [0.1, 0.15) is 0 Å². The van der Waals surface area contributed by atoms with Gasteiger partial charge in [-0.1, -0.05) is 266 Å². The molecule has 0 atom stereocenters. The van der Waals surface area contributed by atoms with Gasteiger partial charge < -0.3 is 10.2 Å². The predicted molar refractivity (Wildman–Crippen MR) is 244 cm³/mol. The Labute approximate surface area is 391 Å². The first kappa shape index (κ1) is 55.4. The third-order valence-corrected chi connectivity index (χ3v) is 10.8. The number of hydrogen-bond acceptors (Lipinski definition) is 4. The molecular formula is C52H82BaO4. The summed E-state index contributed by atoms with van der Waals surface area (Å²) in [4.78, 5) is 23.8. The Kier molecular flexibility index (Phi) is 41.4. The van der Waals surface area contributed by atoms with Crippen LogP contribution in [0.2, 0.25) is 0 Å². The molecule has 0 saturated heterocycles. The zero-order valence-electron chi connectivity index (χ0n) is 36.9. The number of benzene rings is 2. The minimum absolute atomic E-state index is 0. The van der Waals surface area contributed by atoms with E-state index in [1.54, 1.807) is 24.3 Å². The molecule has 0 aliphatic heterocycles. The SMILES string of the molecule is CCCCCCCCCCCCCCCCCC(=O)/C=C(\[O-])c1ccccc1.CCCCCCCCCCCCCCCCCC(=O)/C=C(\[O-])c1ccccc1.[Ba+2]. The minimum Gasteiger partial charge on any atom is -0.872 e. The summed E-state index contributed by atoms with van der Waals surface area (Å²) in [5.41, 5.74) is 1.18. The molecule has 0 unspecified atom stereocenters. The molecule has 0 amide bonds. The van der Waals surface area contributed by atoms with Crippen LogP contribution in [0.15, 0.2) is 72.8 Å². The van der Waals surface area contributed by atoms with E-state index in [4.69, 9.17) is 0 Å². The van der Waals surface area contributed by atoms with Crippen LogP contribution in [-0.4, -0.2) is 60.4 Å². The third-order valence-electron chi connectivity index (χ3n) is 10.8. The van der Waals surface area contributed by atoms with Gasteiger partial charge in [0, 0.05) is 12.8 Å². The van der Waals surface area contributed by atoms with E-state index in [2.05, 4.69) is 13.8 Å². The second-order valence-electron chi connectivity index (χ2n) is 16.1. The van der Waals surface area contributed by atoms with Crippen molar-refractivity contribution in [3.05, 3.63) is 83.9 Å². The molecule has 0 N–H and O–H groups in total. The molecule has 0 aliphatic rings. The van der Waals surface area contributed by atoms with Crippen LogP contribution < -0.4 is 10.2 Å². The Morgan fingerprint density at radius 2 is 0.579 bits per heavy atom. The van der Waals surface area contributed by atoms with Crippen LogP contribution in [0.1, 0.15) is 230 Å². The molecule has 5 heteroatoms. The van der Waals surface area contributed by atoms with Gasteiger partial charge in [0.25, 0.3) is 0 Å². The van der Waals surface area contributed by atoms with Crippen molar-refractivity contribution in [3.63, 3.8) is 0 Å². The maximum Gasteiger partial charge on any atom is 2.00 e. The molecule has 0 aromatic heterocycles. The van der Waals surface area contributed by atoms with E-state index < -0.39 is 0 Å². The summed E-state index contributed by atoms with van der Waals surface area (Å²) in [6.07, 6.45) is 43.0. The number of allylic oxidation sites excluding steroid dienone is 2. The molecule has 2 rings (SSSR count). The second-order valence-corrected chi connectivity index (χ2v) is 16.1. The normalized spacial score (nSPS) is 11.5. The van der Waals surface area contributed by atoms with Crippen LogP contribution in [-0.2, 0) is 9.59 Å². The molecule has 0 bridgehead atoms. The summed E-state index contributed by atoms with van der Waals surface area (Å²) in [5, 5.41) is 23.9. The Balaban J connectivity index is 0.00000108. The topological polar surface area (TPSA) is 80.3 Å². The fourth-order valence-electron chi connectivity index (χ4n) is 7.15. The van der Waals surface area contributed by atoms with Crippen LogP contribution in [0.4, 0.5) is 0 Å². The predicted octanol–water partition coefficient (Wildman–Crippen LogP) is 14.1. The summed E-state index contributed by atoms with van der Waals surface area (Å²) in [6, 6.07) is 18.0. The zero-order chi connectivity index (χ0) is 40.6. The number of carbonyl (C=O) groups is 2. The molecule has 0 heterocycles. The monoisotopic (exact) mass is 909 g/mol. The van der Waals surface area contributed by atoms with Crippen molar-refractivity contribution in [3.8, 4) is 0 Å². The number of ketones is 2. The summed E-state index contributed by atoms with van der Waals surface area (Å²) < 4.78 is 0. The fraction of sp³-hybridized carbons (Fsp3) is 0.654. The van der Waals surface area contributed by atoms with Crippen molar-refractivity contribution in [2.75, 3.05) is 0 Å². The van der Waals surface area contributed by atoms with Crippen LogP contribution in [0.3, 0.4) is 0 Å². The van der Waals surface area contributed by atoms with Gasteiger partial charge in [0.05, 0.1) is 0 Å². The standard InChI is InChI=1S/2C26H42O2.Ba/c2*1-2-3-4-5-6-7-8-9-10-11-12-13-14-15-19-22-25(27)23-26(28)24-20-17-16-18-21-24;/h2*16-18,20-21,23,28H,2-15,19,22H2,1H3;/q;;+2/p-2/b2*26-23-;. The molecule has 2 aromatic rings. The van der Waals surface area contributed by atoms with E-state index in [-0.39, 0.29) is 72.0 Å². The summed E-state index contributed by atoms with van der Waals surface area (Å²) >= 11 is 0. The van der Waals surface area contributed by atoms with Crippen molar-refractivity contribution in [1.29, 1.82) is 0 Å². The van der Waals surface area contributed by atoms with Crippen LogP contribution in [0, 0.1) is 0 Å². The van der Waals surface area contributed by atoms with Crippen LogP contribution >= 0.6 is 0 Å². The van der Waals surface area contributed by atoms with Crippen molar-refractivity contribution >= 4 is 72.0 Å².